The van der Waals surface area contributed by atoms with Crippen LogP contribution in [0.25, 0.3) is 0 Å². The first-order valence-electron chi connectivity index (χ1n) is 11.2. The topological polar surface area (TPSA) is 98.3 Å². The molecule has 0 N–H and O–H groups in total. The Hall–Kier alpha value is -1.53. The maximum Gasteiger partial charge on any atom is 0.281 e. The third-order valence-corrected chi connectivity index (χ3v) is 9.99. The first-order chi connectivity index (χ1) is 15.1. The molecule has 0 radical (unpaired) electrons. The normalized spacial score (nSPS) is 19.8. The molecule has 2 heterocycles. The van der Waals surface area contributed by atoms with Crippen LogP contribution in [-0.2, 0) is 31.4 Å². The smallest absolute Gasteiger partial charge is 0.281 e. The summed E-state index contributed by atoms with van der Waals surface area (Å²) in [6.07, 6.45) is 4.75. The second-order valence-corrected chi connectivity index (χ2v) is 12.6. The highest BCUT2D eigenvalue weighted by molar-refractivity contribution is 7.89. The molecular weight excluding hydrogens is 452 g/mol. The molecular formula is C21H34N4O5S2. The molecule has 0 bridgehead atoms. The van der Waals surface area contributed by atoms with Crippen molar-refractivity contribution in [1.29, 1.82) is 0 Å². The number of nitrogens with zero attached hydrogens (tertiary/aromatic N) is 4. The number of hydrogen-bond acceptors (Lipinski definition) is 5. The second kappa shape index (κ2) is 10.6. The summed E-state index contributed by atoms with van der Waals surface area (Å²) in [6.45, 7) is 2.46. The van der Waals surface area contributed by atoms with Gasteiger partial charge in [0.05, 0.1) is 4.90 Å². The minimum atomic E-state index is -3.47. The Morgan fingerprint density at radius 2 is 1.38 bits per heavy atom. The molecule has 9 nitrogen and oxygen atoms in total. The Kier molecular flexibility index (Phi) is 8.31. The van der Waals surface area contributed by atoms with Gasteiger partial charge in [-0.25, -0.2) is 8.42 Å². The van der Waals surface area contributed by atoms with Crippen LogP contribution in [0.5, 0.6) is 0 Å². The lowest BCUT2D eigenvalue weighted by atomic mass is 10.1. The summed E-state index contributed by atoms with van der Waals surface area (Å²) >= 11 is 0. The number of piperazine rings is 1. The van der Waals surface area contributed by atoms with Crippen molar-refractivity contribution >= 4 is 26.1 Å². The third kappa shape index (κ3) is 5.88. The SMILES string of the molecule is CN(C)S(=O)(=O)N1CCN(C(=O)CCc2ccc(S(=O)(=O)N3CCCCCC3)cc2)CC1. The van der Waals surface area contributed by atoms with Crippen molar-refractivity contribution in [3.8, 4) is 0 Å². The highest BCUT2D eigenvalue weighted by Gasteiger charge is 2.30. The van der Waals surface area contributed by atoms with Gasteiger partial charge < -0.3 is 4.90 Å². The van der Waals surface area contributed by atoms with Gasteiger partial charge in [-0.05, 0) is 37.0 Å². The van der Waals surface area contributed by atoms with Crippen LogP contribution in [0.15, 0.2) is 29.2 Å². The van der Waals surface area contributed by atoms with Gasteiger partial charge >= 0.3 is 0 Å². The highest BCUT2D eigenvalue weighted by atomic mass is 32.2. The van der Waals surface area contributed by atoms with Crippen LogP contribution in [0.2, 0.25) is 0 Å². The van der Waals surface area contributed by atoms with Gasteiger partial charge in [0.2, 0.25) is 15.9 Å². The van der Waals surface area contributed by atoms with Crippen LogP contribution in [-0.4, -0.2) is 93.9 Å². The minimum Gasteiger partial charge on any atom is -0.340 e. The van der Waals surface area contributed by atoms with E-state index in [-0.39, 0.29) is 19.0 Å². The lowest BCUT2D eigenvalue weighted by Gasteiger charge is -2.35. The van der Waals surface area contributed by atoms with Crippen molar-refractivity contribution in [1.82, 2.24) is 17.8 Å². The molecule has 2 fully saturated rings. The van der Waals surface area contributed by atoms with Gasteiger partial charge in [0.1, 0.15) is 0 Å². The van der Waals surface area contributed by atoms with E-state index in [1.165, 1.54) is 22.7 Å². The van der Waals surface area contributed by atoms with Gasteiger partial charge in [0.15, 0.2) is 0 Å². The van der Waals surface area contributed by atoms with E-state index in [1.807, 2.05) is 0 Å². The molecule has 2 aliphatic heterocycles. The lowest BCUT2D eigenvalue weighted by molar-refractivity contribution is -0.132. The predicted octanol–water partition coefficient (Wildman–Crippen LogP) is 1.13. The van der Waals surface area contributed by atoms with E-state index in [4.69, 9.17) is 0 Å². The lowest BCUT2D eigenvalue weighted by Crippen LogP contribution is -2.53. The second-order valence-electron chi connectivity index (χ2n) is 8.53. The van der Waals surface area contributed by atoms with Crippen molar-refractivity contribution in [2.45, 2.75) is 43.4 Å². The zero-order chi connectivity index (χ0) is 23.4. The number of aryl methyl sites for hydroxylation is 1. The maximum atomic E-state index is 12.9. The summed E-state index contributed by atoms with van der Waals surface area (Å²) in [5.41, 5.74) is 0.905. The monoisotopic (exact) mass is 486 g/mol. The van der Waals surface area contributed by atoms with Crippen molar-refractivity contribution in [2.24, 2.45) is 0 Å². The van der Waals surface area contributed by atoms with Crippen molar-refractivity contribution in [3.63, 3.8) is 0 Å². The van der Waals surface area contributed by atoms with Crippen LogP contribution in [0.1, 0.15) is 37.7 Å². The van der Waals surface area contributed by atoms with Crippen LogP contribution < -0.4 is 0 Å². The number of benzene rings is 1. The predicted molar refractivity (Wildman–Crippen MR) is 123 cm³/mol. The molecule has 1 aromatic rings. The molecule has 32 heavy (non-hydrogen) atoms. The van der Waals surface area contributed by atoms with Gasteiger partial charge in [0, 0.05) is 59.8 Å². The molecule has 0 aliphatic carbocycles. The summed E-state index contributed by atoms with van der Waals surface area (Å²) < 4.78 is 54.3. The molecule has 0 saturated carbocycles. The van der Waals surface area contributed by atoms with E-state index in [0.717, 1.165) is 31.2 Å². The molecule has 3 rings (SSSR count). The average Bonchev–Trinajstić information content (AvgIpc) is 3.08. The quantitative estimate of drug-likeness (QED) is 0.576. The Balaban J connectivity index is 1.52. The van der Waals surface area contributed by atoms with E-state index in [0.29, 0.717) is 43.9 Å². The average molecular weight is 487 g/mol. The van der Waals surface area contributed by atoms with Gasteiger partial charge in [-0.1, -0.05) is 25.0 Å². The number of carbonyl (C=O) groups is 1. The fraction of sp³-hybridized carbons (Fsp3) is 0.667. The highest BCUT2D eigenvalue weighted by Crippen LogP contribution is 2.21. The molecule has 2 saturated heterocycles. The number of sulfonamides is 1. The number of amides is 1. The van der Waals surface area contributed by atoms with E-state index >= 15 is 0 Å². The largest absolute Gasteiger partial charge is 0.340 e. The zero-order valence-electron chi connectivity index (χ0n) is 18.9. The Labute approximate surface area is 192 Å². The van der Waals surface area contributed by atoms with E-state index < -0.39 is 20.2 Å². The molecule has 0 aromatic heterocycles. The molecule has 1 aromatic carbocycles. The summed E-state index contributed by atoms with van der Waals surface area (Å²) in [4.78, 5) is 14.6. The van der Waals surface area contributed by atoms with Crippen molar-refractivity contribution < 1.29 is 21.6 Å². The molecule has 2 aliphatic rings. The first-order valence-corrected chi connectivity index (χ1v) is 14.0. The van der Waals surface area contributed by atoms with E-state index in [2.05, 4.69) is 0 Å². The molecule has 0 unspecified atom stereocenters. The Morgan fingerprint density at radius 3 is 1.91 bits per heavy atom. The zero-order valence-corrected chi connectivity index (χ0v) is 20.6. The fourth-order valence-electron chi connectivity index (χ4n) is 4.07. The standard InChI is InChI=1S/C21H34N4O5S2/c1-22(2)32(29,30)25-17-15-23(16-18-25)21(26)12-9-19-7-10-20(11-8-19)31(27,28)24-13-5-3-4-6-14-24/h7-8,10-11H,3-6,9,12-18H2,1-2H3. The van der Waals surface area contributed by atoms with Crippen LogP contribution in [0.4, 0.5) is 0 Å². The van der Waals surface area contributed by atoms with Crippen LogP contribution >= 0.6 is 0 Å². The maximum absolute atomic E-state index is 12.9. The van der Waals surface area contributed by atoms with Gasteiger partial charge in [0.25, 0.3) is 10.2 Å². The van der Waals surface area contributed by atoms with Crippen LogP contribution in [0.3, 0.4) is 0 Å². The van der Waals surface area contributed by atoms with Crippen molar-refractivity contribution in [2.75, 3.05) is 53.4 Å². The number of hydrogen-bond donors (Lipinski definition) is 0. The number of rotatable bonds is 7. The van der Waals surface area contributed by atoms with E-state index in [1.54, 1.807) is 33.5 Å². The molecule has 0 atom stereocenters. The Morgan fingerprint density at radius 1 is 0.812 bits per heavy atom. The van der Waals surface area contributed by atoms with Gasteiger partial charge in [-0.2, -0.15) is 21.3 Å². The first kappa shape index (κ1) is 25.1. The molecule has 0 spiro atoms. The third-order valence-electron chi connectivity index (χ3n) is 6.13. The summed E-state index contributed by atoms with van der Waals surface area (Å²) in [6, 6.07) is 6.81. The Bertz CT molecular complexity index is 978. The molecule has 11 heteroatoms. The summed E-state index contributed by atoms with van der Waals surface area (Å²) in [5.74, 6) is -0.0202. The van der Waals surface area contributed by atoms with Gasteiger partial charge in [-0.3, -0.25) is 4.79 Å². The molecule has 180 valence electrons. The number of carbonyl (C=O) groups excluding carboxylic acids is 1. The minimum absolute atomic E-state index is 0.0202. The van der Waals surface area contributed by atoms with E-state index in [9.17, 15) is 21.6 Å². The summed E-state index contributed by atoms with van der Waals surface area (Å²) in [7, 11) is -3.93. The fourth-order valence-corrected chi connectivity index (χ4v) is 6.67. The molecule has 1 amide bonds. The van der Waals surface area contributed by atoms with Gasteiger partial charge in [-0.15, -0.1) is 0 Å². The van der Waals surface area contributed by atoms with Crippen molar-refractivity contribution in [3.05, 3.63) is 29.8 Å². The summed E-state index contributed by atoms with van der Waals surface area (Å²) in [5, 5.41) is 0. The van der Waals surface area contributed by atoms with Crippen LogP contribution in [0, 0.1) is 0 Å².